The summed E-state index contributed by atoms with van der Waals surface area (Å²) in [4.78, 5) is 26.0. The van der Waals surface area contributed by atoms with Crippen LogP contribution in [0.5, 0.6) is 11.5 Å². The number of amides is 1. The number of hydrogen-bond donors (Lipinski definition) is 2. The second-order valence-electron chi connectivity index (χ2n) is 7.06. The van der Waals surface area contributed by atoms with Crippen LogP contribution in [-0.2, 0) is 19.6 Å². The molecule has 0 bridgehead atoms. The van der Waals surface area contributed by atoms with Gasteiger partial charge in [0, 0.05) is 0 Å². The third-order valence-corrected chi connectivity index (χ3v) is 7.09. The van der Waals surface area contributed by atoms with Gasteiger partial charge in [0.15, 0.2) is 15.8 Å². The highest BCUT2D eigenvalue weighted by Gasteiger charge is 2.35. The fourth-order valence-electron chi connectivity index (χ4n) is 2.84. The third-order valence-electron chi connectivity index (χ3n) is 4.48. The Morgan fingerprint density at radius 2 is 1.88 bits per heavy atom. The number of nitrogens with zero attached hydrogens (tertiary/aromatic N) is 1. The lowest BCUT2D eigenvalue weighted by molar-refractivity contribution is -0.137. The maximum Gasteiger partial charge on any atom is 0.306 e. The monoisotopic (exact) mass is 522 g/mol. The zero-order valence-electron chi connectivity index (χ0n) is 18.3. The first-order chi connectivity index (χ1) is 16.1. The van der Waals surface area contributed by atoms with E-state index in [0.29, 0.717) is 23.7 Å². The Kier molecular flexibility index (Phi) is 8.31. The topological polar surface area (TPSA) is 122 Å². The molecule has 0 radical (unpaired) electrons. The van der Waals surface area contributed by atoms with Gasteiger partial charge in [0.05, 0.1) is 29.4 Å². The van der Waals surface area contributed by atoms with E-state index in [0.717, 1.165) is 22.3 Å². The fraction of sp³-hybridized carbons (Fsp3) is 0.227. The van der Waals surface area contributed by atoms with Crippen molar-refractivity contribution in [2.75, 3.05) is 13.2 Å². The highest BCUT2D eigenvalue weighted by atomic mass is 32.2. The molecule has 9 nitrogen and oxygen atoms in total. The van der Waals surface area contributed by atoms with Crippen LogP contribution in [0.25, 0.3) is 6.08 Å². The Hall–Kier alpha value is -2.93. The van der Waals surface area contributed by atoms with E-state index in [4.69, 9.17) is 26.8 Å². The molecule has 1 aliphatic heterocycles. The fourth-order valence-corrected chi connectivity index (χ4v) is 5.15. The number of carboxylic acid groups (broad SMARTS) is 1. The molecule has 0 aliphatic carbocycles. The average molecular weight is 523 g/mol. The predicted octanol–water partition coefficient (Wildman–Crippen LogP) is 3.34. The van der Waals surface area contributed by atoms with E-state index in [1.165, 1.54) is 12.1 Å². The molecule has 2 aromatic rings. The maximum absolute atomic E-state index is 12.9. The lowest BCUT2D eigenvalue weighted by atomic mass is 10.2. The largest absolute Gasteiger partial charge is 0.490 e. The Labute approximate surface area is 206 Å². The quantitative estimate of drug-likeness (QED) is 0.357. The minimum Gasteiger partial charge on any atom is -0.490 e. The van der Waals surface area contributed by atoms with Gasteiger partial charge in [-0.1, -0.05) is 47.7 Å². The Balaban J connectivity index is 1.79. The highest BCUT2D eigenvalue weighted by molar-refractivity contribution is 8.26. The van der Waals surface area contributed by atoms with Gasteiger partial charge in [-0.25, -0.2) is 13.4 Å². The van der Waals surface area contributed by atoms with Crippen molar-refractivity contribution >= 4 is 56.3 Å². The molecule has 1 saturated heterocycles. The molecule has 3 rings (SSSR count). The molecule has 0 aromatic heterocycles. The first-order valence-corrected chi connectivity index (χ1v) is 12.8. The van der Waals surface area contributed by atoms with Crippen molar-refractivity contribution in [3.8, 4) is 11.5 Å². The van der Waals surface area contributed by atoms with E-state index in [1.807, 2.05) is 6.92 Å². The summed E-state index contributed by atoms with van der Waals surface area (Å²) in [5.41, 5.74) is 1.49. The number of hydrogen-bond acceptors (Lipinski definition) is 8. The summed E-state index contributed by atoms with van der Waals surface area (Å²) < 4.78 is 36.5. The van der Waals surface area contributed by atoms with E-state index in [1.54, 1.807) is 43.3 Å². The summed E-state index contributed by atoms with van der Waals surface area (Å²) in [6, 6.07) is 11.1. The van der Waals surface area contributed by atoms with Gasteiger partial charge in [0.2, 0.25) is 0 Å². The van der Waals surface area contributed by atoms with Crippen molar-refractivity contribution in [1.82, 2.24) is 9.84 Å². The summed E-state index contributed by atoms with van der Waals surface area (Å²) in [5, 5.41) is 9.60. The summed E-state index contributed by atoms with van der Waals surface area (Å²) in [7, 11) is -4.01. The molecule has 2 aromatic carbocycles. The highest BCUT2D eigenvalue weighted by Crippen LogP contribution is 2.34. The van der Waals surface area contributed by atoms with Crippen molar-refractivity contribution < 1.29 is 32.6 Å². The Morgan fingerprint density at radius 1 is 1.18 bits per heavy atom. The molecule has 0 atom stereocenters. The van der Waals surface area contributed by atoms with E-state index in [9.17, 15) is 18.0 Å². The van der Waals surface area contributed by atoms with Gasteiger partial charge in [0.1, 0.15) is 0 Å². The number of aliphatic carboxylic acids is 1. The van der Waals surface area contributed by atoms with Crippen LogP contribution in [-0.4, -0.2) is 47.9 Å². The summed E-state index contributed by atoms with van der Waals surface area (Å²) >= 11 is 6.17. The first-order valence-electron chi connectivity index (χ1n) is 10.1. The van der Waals surface area contributed by atoms with Crippen LogP contribution in [0, 0.1) is 6.92 Å². The number of nitrogens with one attached hydrogen (secondary N) is 1. The molecule has 0 unspecified atom stereocenters. The molecular formula is C22H22N2O7S3. The Bertz CT molecular complexity index is 1240. The second kappa shape index (κ2) is 11.0. The maximum atomic E-state index is 12.9. The van der Waals surface area contributed by atoms with E-state index in [-0.39, 0.29) is 27.1 Å². The van der Waals surface area contributed by atoms with Gasteiger partial charge in [-0.15, -0.1) is 4.83 Å². The van der Waals surface area contributed by atoms with Gasteiger partial charge in [0.25, 0.3) is 15.9 Å². The van der Waals surface area contributed by atoms with Crippen LogP contribution >= 0.6 is 24.0 Å². The number of carboxylic acids is 1. The van der Waals surface area contributed by atoms with Crippen LogP contribution < -0.4 is 14.3 Å². The van der Waals surface area contributed by atoms with E-state index in [2.05, 4.69) is 4.83 Å². The molecule has 0 saturated carbocycles. The van der Waals surface area contributed by atoms with Crippen molar-refractivity contribution in [3.05, 3.63) is 58.5 Å². The van der Waals surface area contributed by atoms with Gasteiger partial charge >= 0.3 is 5.97 Å². The number of thiocarbonyl (C=S) groups is 1. The molecule has 0 spiro atoms. The standard InChI is InChI=1S/C22H22N2O7S3/c1-3-30-18-12-15(6-9-17(18)31-11-10-20(25)26)13-19-21(27)24(22(32)33-19)23-34(28,29)16-7-4-14(2)5-8-16/h4-9,12-13,23H,3,10-11H2,1-2H3,(H,25,26)/b19-13+. The number of ether oxygens (including phenoxy) is 2. The minimum atomic E-state index is -4.01. The molecule has 34 heavy (non-hydrogen) atoms. The number of carbonyl (C=O) groups is 2. The van der Waals surface area contributed by atoms with Gasteiger partial charge < -0.3 is 14.6 Å². The van der Waals surface area contributed by atoms with Crippen LogP contribution in [0.15, 0.2) is 52.3 Å². The van der Waals surface area contributed by atoms with Crippen LogP contribution in [0.4, 0.5) is 0 Å². The first kappa shape index (κ1) is 25.7. The number of thioether (sulfide) groups is 1. The van der Waals surface area contributed by atoms with E-state index >= 15 is 0 Å². The normalized spacial score (nSPS) is 15.1. The van der Waals surface area contributed by atoms with Crippen LogP contribution in [0.1, 0.15) is 24.5 Å². The number of rotatable bonds is 10. The lowest BCUT2D eigenvalue weighted by Crippen LogP contribution is -2.44. The smallest absolute Gasteiger partial charge is 0.306 e. The number of sulfonamides is 1. The van der Waals surface area contributed by atoms with Crippen molar-refractivity contribution in [3.63, 3.8) is 0 Å². The molecule has 1 aliphatic rings. The molecule has 1 fully saturated rings. The number of carbonyl (C=O) groups excluding carboxylic acids is 1. The minimum absolute atomic E-state index is 0.0102. The van der Waals surface area contributed by atoms with Gasteiger partial charge in [-0.3, -0.25) is 9.59 Å². The predicted molar refractivity (Wildman–Crippen MR) is 132 cm³/mol. The zero-order valence-corrected chi connectivity index (χ0v) is 20.8. The molecule has 1 heterocycles. The molecule has 12 heteroatoms. The number of hydrazine groups is 1. The molecular weight excluding hydrogens is 500 g/mol. The van der Waals surface area contributed by atoms with Crippen molar-refractivity contribution in [2.24, 2.45) is 0 Å². The molecule has 180 valence electrons. The van der Waals surface area contributed by atoms with E-state index < -0.39 is 21.9 Å². The van der Waals surface area contributed by atoms with Crippen LogP contribution in [0.3, 0.4) is 0 Å². The van der Waals surface area contributed by atoms with Gasteiger partial charge in [-0.05, 0) is 49.8 Å². The molecule has 2 N–H and O–H groups in total. The Morgan fingerprint density at radius 3 is 2.53 bits per heavy atom. The third kappa shape index (κ3) is 6.35. The van der Waals surface area contributed by atoms with Crippen molar-refractivity contribution in [2.45, 2.75) is 25.2 Å². The summed E-state index contributed by atoms with van der Waals surface area (Å²) in [6.45, 7) is 3.96. The second-order valence-corrected chi connectivity index (χ2v) is 10.4. The number of aryl methyl sites for hydroxylation is 1. The SMILES string of the molecule is CCOc1cc(/C=C2/SC(=S)N(NS(=O)(=O)c3ccc(C)cc3)C2=O)ccc1OCCC(=O)O. The number of benzene rings is 2. The molecule has 1 amide bonds. The van der Waals surface area contributed by atoms with Gasteiger partial charge in [-0.2, -0.15) is 0 Å². The zero-order chi connectivity index (χ0) is 24.9. The average Bonchev–Trinajstić information content (AvgIpc) is 3.02. The van der Waals surface area contributed by atoms with Crippen LogP contribution in [0.2, 0.25) is 0 Å². The lowest BCUT2D eigenvalue weighted by Gasteiger charge is -2.16. The van der Waals surface area contributed by atoms with Crippen molar-refractivity contribution in [1.29, 1.82) is 0 Å². The summed E-state index contributed by atoms with van der Waals surface area (Å²) in [6.07, 6.45) is 1.40. The summed E-state index contributed by atoms with van der Waals surface area (Å²) in [5.74, 6) is -0.823.